The number of amides is 1. The molecule has 42 heavy (non-hydrogen) atoms. The number of aromatic nitrogens is 2. The quantitative estimate of drug-likeness (QED) is 0.312. The van der Waals surface area contributed by atoms with Gasteiger partial charge in [0.25, 0.3) is 5.91 Å². The first-order chi connectivity index (χ1) is 20.1. The Kier molecular flexibility index (Phi) is 8.43. The first-order valence-electron chi connectivity index (χ1n) is 13.6. The molecule has 4 aromatic rings. The van der Waals surface area contributed by atoms with Crippen molar-refractivity contribution in [3.05, 3.63) is 94.2 Å². The monoisotopic (exact) mass is 572 g/mol. The number of piperazine rings is 1. The number of fused-ring (bicyclic) bond motifs is 1. The fourth-order valence-corrected chi connectivity index (χ4v) is 4.82. The van der Waals surface area contributed by atoms with Crippen molar-refractivity contribution >= 4 is 28.4 Å². The first kappa shape index (κ1) is 29.0. The smallest absolute Gasteiger partial charge is 0.357 e. The van der Waals surface area contributed by atoms with Crippen LogP contribution in [0.3, 0.4) is 0 Å². The van der Waals surface area contributed by atoms with E-state index in [0.29, 0.717) is 30.2 Å². The van der Waals surface area contributed by atoms with Crippen LogP contribution < -0.4 is 10.6 Å². The molecule has 1 fully saturated rings. The van der Waals surface area contributed by atoms with Crippen molar-refractivity contribution in [1.29, 1.82) is 0 Å². The highest BCUT2D eigenvalue weighted by molar-refractivity contribution is 6.04. The minimum atomic E-state index is -4.55. The molecular formula is C32H31F3N6O. The van der Waals surface area contributed by atoms with Crippen molar-refractivity contribution in [3.63, 3.8) is 0 Å². The van der Waals surface area contributed by atoms with E-state index in [2.05, 4.69) is 37.3 Å². The Hall–Kier alpha value is -4.46. The van der Waals surface area contributed by atoms with Gasteiger partial charge in [-0.2, -0.15) is 13.2 Å². The van der Waals surface area contributed by atoms with Crippen molar-refractivity contribution in [3.8, 4) is 11.8 Å². The summed E-state index contributed by atoms with van der Waals surface area (Å²) in [6, 6.07) is 14.6. The summed E-state index contributed by atoms with van der Waals surface area (Å²) in [6.07, 6.45) is -2.84. The van der Waals surface area contributed by atoms with Gasteiger partial charge in [0.2, 0.25) is 5.95 Å². The number of anilines is 2. The number of nitrogens with zero attached hydrogens (tertiary/aromatic N) is 4. The number of aryl methyl sites for hydroxylation is 1. The lowest BCUT2D eigenvalue weighted by Crippen LogP contribution is -2.44. The predicted octanol–water partition coefficient (Wildman–Crippen LogP) is 5.40. The zero-order valence-electron chi connectivity index (χ0n) is 23.6. The Morgan fingerprint density at radius 2 is 1.76 bits per heavy atom. The number of halogens is 3. The molecule has 7 nitrogen and oxygen atoms in total. The molecule has 3 aromatic carbocycles. The molecule has 1 aliphatic heterocycles. The van der Waals surface area contributed by atoms with Gasteiger partial charge in [0, 0.05) is 73.7 Å². The Morgan fingerprint density at radius 3 is 2.50 bits per heavy atom. The van der Waals surface area contributed by atoms with Gasteiger partial charge in [0.1, 0.15) is 0 Å². The summed E-state index contributed by atoms with van der Waals surface area (Å²) >= 11 is 0. The summed E-state index contributed by atoms with van der Waals surface area (Å²) in [5.41, 5.74) is 2.81. The highest BCUT2D eigenvalue weighted by Crippen LogP contribution is 2.35. The van der Waals surface area contributed by atoms with Gasteiger partial charge in [-0.15, -0.1) is 0 Å². The Morgan fingerprint density at radius 1 is 1.00 bits per heavy atom. The molecule has 1 saturated heterocycles. The topological polar surface area (TPSA) is 73.4 Å². The summed E-state index contributed by atoms with van der Waals surface area (Å²) in [5.74, 6) is 6.27. The maximum Gasteiger partial charge on any atom is 0.416 e. The highest BCUT2D eigenvalue weighted by Gasteiger charge is 2.34. The fourth-order valence-electron chi connectivity index (χ4n) is 4.82. The molecule has 1 aliphatic rings. The molecule has 2 heterocycles. The molecule has 0 unspecified atom stereocenters. The molecule has 10 heteroatoms. The summed E-state index contributed by atoms with van der Waals surface area (Å²) in [5, 5.41) is 6.34. The molecule has 0 atom stereocenters. The second kappa shape index (κ2) is 12.2. The van der Waals surface area contributed by atoms with E-state index in [4.69, 9.17) is 0 Å². The number of carbonyl (C=O) groups excluding carboxylic acids is 1. The van der Waals surface area contributed by atoms with Crippen molar-refractivity contribution in [2.24, 2.45) is 0 Å². The third-order valence-electron chi connectivity index (χ3n) is 7.34. The van der Waals surface area contributed by atoms with E-state index in [9.17, 15) is 18.0 Å². The van der Waals surface area contributed by atoms with Crippen LogP contribution in [0, 0.1) is 18.8 Å². The zero-order chi connectivity index (χ0) is 29.9. The van der Waals surface area contributed by atoms with E-state index < -0.39 is 17.6 Å². The van der Waals surface area contributed by atoms with E-state index in [1.165, 1.54) is 12.1 Å². The number of likely N-dealkylation sites (N-methyl/N-ethyl adjacent to an activating group) is 1. The van der Waals surface area contributed by atoms with Gasteiger partial charge in [-0.1, -0.05) is 30.0 Å². The number of alkyl halides is 3. The van der Waals surface area contributed by atoms with Gasteiger partial charge >= 0.3 is 6.18 Å². The van der Waals surface area contributed by atoms with Crippen LogP contribution >= 0.6 is 0 Å². The van der Waals surface area contributed by atoms with Crippen LogP contribution in [0.25, 0.3) is 10.9 Å². The summed E-state index contributed by atoms with van der Waals surface area (Å²) in [6.45, 7) is 5.12. The van der Waals surface area contributed by atoms with Crippen LogP contribution in [0.5, 0.6) is 0 Å². The fraction of sp³-hybridized carbons (Fsp3) is 0.281. The van der Waals surface area contributed by atoms with Crippen LogP contribution in [-0.2, 0) is 12.7 Å². The average molecular weight is 573 g/mol. The average Bonchev–Trinajstić information content (AvgIpc) is 2.97. The SMILES string of the molecule is CNc1ncc2c(C#Cc3cc(C(=O)Nc4ccc(CN5CCN(C)CC5)c(C(F)(F)F)c4)ccc3C)cccc2n1. The summed E-state index contributed by atoms with van der Waals surface area (Å²) in [4.78, 5) is 26.0. The molecule has 1 amide bonds. The van der Waals surface area contributed by atoms with Crippen LogP contribution in [0.2, 0.25) is 0 Å². The van der Waals surface area contributed by atoms with Crippen LogP contribution in [-0.4, -0.2) is 65.9 Å². The lowest BCUT2D eigenvalue weighted by atomic mass is 10.0. The molecule has 0 bridgehead atoms. The number of hydrogen-bond donors (Lipinski definition) is 2. The van der Waals surface area contributed by atoms with Gasteiger partial charge < -0.3 is 15.5 Å². The van der Waals surface area contributed by atoms with Crippen LogP contribution in [0.4, 0.5) is 24.8 Å². The van der Waals surface area contributed by atoms with E-state index in [1.807, 2.05) is 37.1 Å². The largest absolute Gasteiger partial charge is 0.416 e. The van der Waals surface area contributed by atoms with E-state index >= 15 is 0 Å². The molecule has 0 spiro atoms. The molecule has 0 radical (unpaired) electrons. The second-order valence-corrected chi connectivity index (χ2v) is 10.4. The second-order valence-electron chi connectivity index (χ2n) is 10.4. The Labute approximate surface area is 242 Å². The Balaban J connectivity index is 1.36. The minimum absolute atomic E-state index is 0.0827. The van der Waals surface area contributed by atoms with Gasteiger partial charge in [-0.05, 0) is 61.5 Å². The lowest BCUT2D eigenvalue weighted by molar-refractivity contribution is -0.138. The number of benzene rings is 3. The van der Waals surface area contributed by atoms with Crippen molar-refractivity contribution < 1.29 is 18.0 Å². The maximum atomic E-state index is 14.0. The van der Waals surface area contributed by atoms with E-state index in [0.717, 1.165) is 41.2 Å². The number of nitrogens with one attached hydrogen (secondary N) is 2. The zero-order valence-corrected chi connectivity index (χ0v) is 23.6. The van der Waals surface area contributed by atoms with Crippen LogP contribution in [0.15, 0.2) is 60.8 Å². The number of rotatable bonds is 5. The Bertz CT molecular complexity index is 1680. The van der Waals surface area contributed by atoms with Gasteiger partial charge in [-0.25, -0.2) is 9.97 Å². The minimum Gasteiger partial charge on any atom is -0.357 e. The van der Waals surface area contributed by atoms with Gasteiger partial charge in [-0.3, -0.25) is 9.69 Å². The van der Waals surface area contributed by atoms with Gasteiger partial charge in [0.05, 0.1) is 11.1 Å². The molecule has 216 valence electrons. The molecule has 0 aliphatic carbocycles. The van der Waals surface area contributed by atoms with E-state index in [1.54, 1.807) is 31.4 Å². The van der Waals surface area contributed by atoms with Crippen LogP contribution in [0.1, 0.15) is 38.2 Å². The highest BCUT2D eigenvalue weighted by atomic mass is 19.4. The van der Waals surface area contributed by atoms with E-state index in [-0.39, 0.29) is 17.8 Å². The molecule has 1 aromatic heterocycles. The third kappa shape index (κ3) is 6.70. The first-order valence-corrected chi connectivity index (χ1v) is 13.6. The van der Waals surface area contributed by atoms with Gasteiger partial charge in [0.15, 0.2) is 0 Å². The third-order valence-corrected chi connectivity index (χ3v) is 7.34. The molecular weight excluding hydrogens is 541 g/mol. The number of carbonyl (C=O) groups is 1. The predicted molar refractivity (Wildman–Crippen MR) is 158 cm³/mol. The van der Waals surface area contributed by atoms with Crippen molar-refractivity contribution in [1.82, 2.24) is 19.8 Å². The maximum absolute atomic E-state index is 14.0. The van der Waals surface area contributed by atoms with Crippen molar-refractivity contribution in [2.75, 3.05) is 50.9 Å². The van der Waals surface area contributed by atoms with Crippen molar-refractivity contribution in [2.45, 2.75) is 19.6 Å². The normalized spacial score (nSPS) is 14.3. The molecule has 2 N–H and O–H groups in total. The lowest BCUT2D eigenvalue weighted by Gasteiger charge is -2.33. The molecule has 5 rings (SSSR count). The number of hydrogen-bond acceptors (Lipinski definition) is 6. The summed E-state index contributed by atoms with van der Waals surface area (Å²) in [7, 11) is 3.75. The standard InChI is InChI=1S/C32H31F3N6O/c1-21-7-8-24(17-23(21)10-9-22-5-4-6-29-27(22)19-37-31(36-2)39-29)30(42)38-26-12-11-25(28(18-26)32(33,34)35)20-41-15-13-40(3)14-16-41/h4-8,11-12,17-19H,13-16,20H2,1-3H3,(H,38,42)(H,36,37,39). The molecule has 0 saturated carbocycles. The summed E-state index contributed by atoms with van der Waals surface area (Å²) < 4.78 is 42.0.